The Morgan fingerprint density at radius 3 is 2.47 bits per heavy atom. The van der Waals surface area contributed by atoms with Crippen molar-refractivity contribution in [1.82, 2.24) is 0 Å². The molecule has 1 saturated carbocycles. The van der Waals surface area contributed by atoms with Crippen molar-refractivity contribution in [3.63, 3.8) is 0 Å². The summed E-state index contributed by atoms with van der Waals surface area (Å²) in [6.45, 7) is 0. The average Bonchev–Trinajstić information content (AvgIpc) is 3.14. The molecule has 0 atom stereocenters. The first-order chi connectivity index (χ1) is 8.17. The van der Waals surface area contributed by atoms with Gasteiger partial charge in [-0.2, -0.15) is 10.5 Å². The van der Waals surface area contributed by atoms with Crippen LogP contribution in [0.4, 0.5) is 0 Å². The van der Waals surface area contributed by atoms with Gasteiger partial charge in [0.1, 0.15) is 11.6 Å². The second-order valence-electron chi connectivity index (χ2n) is 4.00. The molecule has 0 heterocycles. The molecule has 4 nitrogen and oxygen atoms in total. The first-order valence-corrected chi connectivity index (χ1v) is 5.24. The Morgan fingerprint density at radius 2 is 1.94 bits per heavy atom. The van der Waals surface area contributed by atoms with Gasteiger partial charge in [-0.1, -0.05) is 12.2 Å². The topological polar surface area (TPSA) is 88.0 Å². The van der Waals surface area contributed by atoms with E-state index in [4.69, 9.17) is 10.5 Å². The molecule has 0 amide bonds. The first-order valence-electron chi connectivity index (χ1n) is 5.24. The molecule has 1 fully saturated rings. The summed E-state index contributed by atoms with van der Waals surface area (Å²) >= 11 is 0. The molecule has 1 aromatic rings. The maximum atomic E-state index is 9.56. The highest BCUT2D eigenvalue weighted by Gasteiger charge is 2.19. The molecule has 1 aliphatic rings. The smallest absolute Gasteiger partial charge is 0.176 e. The van der Waals surface area contributed by atoms with Gasteiger partial charge in [-0.25, -0.2) is 0 Å². The number of hydrogen-bond donors (Lipinski definition) is 2. The number of aromatic hydroxyl groups is 2. The predicted octanol–water partition coefficient (Wildman–Crippen LogP) is 2.26. The third-order valence-electron chi connectivity index (χ3n) is 2.71. The van der Waals surface area contributed by atoms with Gasteiger partial charge in [-0.05, 0) is 18.8 Å². The Hall–Kier alpha value is -2.46. The minimum atomic E-state index is -0.470. The Balaban J connectivity index is 2.58. The van der Waals surface area contributed by atoms with Crippen LogP contribution in [0.5, 0.6) is 11.5 Å². The van der Waals surface area contributed by atoms with Gasteiger partial charge in [-0.3, -0.25) is 0 Å². The lowest BCUT2D eigenvalue weighted by atomic mass is 9.99. The van der Waals surface area contributed by atoms with Crippen molar-refractivity contribution >= 4 is 6.08 Å². The maximum Gasteiger partial charge on any atom is 0.176 e. The second-order valence-corrected chi connectivity index (χ2v) is 4.00. The summed E-state index contributed by atoms with van der Waals surface area (Å²) in [6.07, 6.45) is 5.83. The summed E-state index contributed by atoms with van der Waals surface area (Å²) in [5, 5.41) is 36.9. The third-order valence-corrected chi connectivity index (χ3v) is 2.71. The molecule has 1 aliphatic carbocycles. The predicted molar refractivity (Wildman–Crippen MR) is 61.0 cm³/mol. The fraction of sp³-hybridized carbons (Fsp3) is 0.231. The van der Waals surface area contributed by atoms with E-state index in [1.54, 1.807) is 6.08 Å². The SMILES string of the molecule is N#Cc1cc(O)c(O)c(C#N)c1/C=C/C1CC1. The van der Waals surface area contributed by atoms with E-state index in [9.17, 15) is 10.2 Å². The monoisotopic (exact) mass is 226 g/mol. The maximum absolute atomic E-state index is 9.56. The molecular formula is C13H10N2O2. The van der Waals surface area contributed by atoms with Gasteiger partial charge in [0.25, 0.3) is 0 Å². The van der Waals surface area contributed by atoms with E-state index in [1.807, 2.05) is 18.2 Å². The van der Waals surface area contributed by atoms with Crippen molar-refractivity contribution in [3.05, 3.63) is 28.8 Å². The van der Waals surface area contributed by atoms with Crippen LogP contribution in [-0.4, -0.2) is 10.2 Å². The van der Waals surface area contributed by atoms with Crippen LogP contribution in [0.2, 0.25) is 0 Å². The van der Waals surface area contributed by atoms with E-state index in [-0.39, 0.29) is 11.1 Å². The van der Waals surface area contributed by atoms with Crippen molar-refractivity contribution in [2.24, 2.45) is 5.92 Å². The number of allylic oxidation sites excluding steroid dienone is 1. The second kappa shape index (κ2) is 4.19. The lowest BCUT2D eigenvalue weighted by Crippen LogP contribution is -1.90. The Bertz CT molecular complexity index is 573. The van der Waals surface area contributed by atoms with Gasteiger partial charge in [-0.15, -0.1) is 0 Å². The van der Waals surface area contributed by atoms with Crippen molar-refractivity contribution in [2.45, 2.75) is 12.8 Å². The molecule has 17 heavy (non-hydrogen) atoms. The molecule has 2 N–H and O–H groups in total. The van der Waals surface area contributed by atoms with E-state index >= 15 is 0 Å². The molecule has 1 aromatic carbocycles. The van der Waals surface area contributed by atoms with E-state index in [0.29, 0.717) is 11.5 Å². The van der Waals surface area contributed by atoms with Crippen LogP contribution >= 0.6 is 0 Å². The molecule has 4 heteroatoms. The van der Waals surface area contributed by atoms with Crippen molar-refractivity contribution in [2.75, 3.05) is 0 Å². The lowest BCUT2D eigenvalue weighted by molar-refractivity contribution is 0.402. The Labute approximate surface area is 98.7 Å². The number of hydrogen-bond acceptors (Lipinski definition) is 4. The zero-order chi connectivity index (χ0) is 12.4. The Kier molecular flexibility index (Phi) is 2.72. The van der Waals surface area contributed by atoms with Gasteiger partial charge < -0.3 is 10.2 Å². The van der Waals surface area contributed by atoms with Crippen LogP contribution in [0.1, 0.15) is 29.5 Å². The highest BCUT2D eigenvalue weighted by molar-refractivity contribution is 5.71. The molecular weight excluding hydrogens is 216 g/mol. The zero-order valence-corrected chi connectivity index (χ0v) is 9.01. The molecule has 0 unspecified atom stereocenters. The molecule has 0 aliphatic heterocycles. The van der Waals surface area contributed by atoms with E-state index in [0.717, 1.165) is 12.8 Å². The molecule has 0 bridgehead atoms. The molecule has 0 saturated heterocycles. The summed E-state index contributed by atoms with van der Waals surface area (Å²) in [5.41, 5.74) is 0.504. The number of nitriles is 2. The molecule has 84 valence electrons. The van der Waals surface area contributed by atoms with Gasteiger partial charge in [0.05, 0.1) is 11.6 Å². The van der Waals surface area contributed by atoms with Crippen LogP contribution in [0.25, 0.3) is 6.08 Å². The van der Waals surface area contributed by atoms with E-state index in [1.165, 1.54) is 6.07 Å². The van der Waals surface area contributed by atoms with E-state index in [2.05, 4.69) is 0 Å². The van der Waals surface area contributed by atoms with Gasteiger partial charge in [0.15, 0.2) is 11.5 Å². The van der Waals surface area contributed by atoms with Crippen LogP contribution in [0.3, 0.4) is 0 Å². The fourth-order valence-electron chi connectivity index (χ4n) is 1.57. The fourth-order valence-corrected chi connectivity index (χ4v) is 1.57. The van der Waals surface area contributed by atoms with E-state index < -0.39 is 11.5 Å². The number of phenols is 2. The van der Waals surface area contributed by atoms with Crippen molar-refractivity contribution in [3.8, 4) is 23.6 Å². The van der Waals surface area contributed by atoms with Crippen LogP contribution in [0, 0.1) is 28.6 Å². The van der Waals surface area contributed by atoms with Gasteiger partial charge in [0, 0.05) is 11.6 Å². The highest BCUT2D eigenvalue weighted by atomic mass is 16.3. The summed E-state index contributed by atoms with van der Waals surface area (Å²) in [7, 11) is 0. The van der Waals surface area contributed by atoms with Crippen molar-refractivity contribution in [1.29, 1.82) is 10.5 Å². The lowest BCUT2D eigenvalue weighted by Gasteiger charge is -2.05. The van der Waals surface area contributed by atoms with Crippen LogP contribution in [0.15, 0.2) is 12.1 Å². The normalized spacial score (nSPS) is 14.5. The van der Waals surface area contributed by atoms with Crippen LogP contribution < -0.4 is 0 Å². The summed E-state index contributed by atoms with van der Waals surface area (Å²) in [5.74, 6) is -0.410. The number of benzene rings is 1. The average molecular weight is 226 g/mol. The Morgan fingerprint density at radius 1 is 1.24 bits per heavy atom. The molecule has 0 radical (unpaired) electrons. The van der Waals surface area contributed by atoms with Gasteiger partial charge >= 0.3 is 0 Å². The minimum absolute atomic E-state index is 0.0570. The molecule has 0 aromatic heterocycles. The zero-order valence-electron chi connectivity index (χ0n) is 9.01. The summed E-state index contributed by atoms with van der Waals surface area (Å²) in [4.78, 5) is 0. The quantitative estimate of drug-likeness (QED) is 0.757. The first kappa shape index (κ1) is 11.0. The van der Waals surface area contributed by atoms with Gasteiger partial charge in [0.2, 0.25) is 0 Å². The number of phenolic OH excluding ortho intramolecular Hbond substituents is 2. The minimum Gasteiger partial charge on any atom is -0.504 e. The number of nitrogens with zero attached hydrogens (tertiary/aromatic N) is 2. The summed E-state index contributed by atoms with van der Waals surface area (Å²) < 4.78 is 0. The molecule has 0 spiro atoms. The summed E-state index contributed by atoms with van der Waals surface area (Å²) in [6, 6.07) is 4.89. The molecule has 2 rings (SSSR count). The van der Waals surface area contributed by atoms with Crippen LogP contribution in [-0.2, 0) is 0 Å². The largest absolute Gasteiger partial charge is 0.504 e. The highest BCUT2D eigenvalue weighted by Crippen LogP contribution is 2.36. The van der Waals surface area contributed by atoms with Crippen molar-refractivity contribution < 1.29 is 10.2 Å². The number of rotatable bonds is 2. The third kappa shape index (κ3) is 2.07. The standard InChI is InChI=1S/C13H10N2O2/c14-6-9-5-12(16)13(17)11(7-15)10(9)4-3-8-1-2-8/h3-5,8,16-17H,1-2H2/b4-3+.